The highest BCUT2D eigenvalue weighted by atomic mass is 16.5. The van der Waals surface area contributed by atoms with Crippen LogP contribution in [0.25, 0.3) is 0 Å². The Morgan fingerprint density at radius 2 is 1.21 bits per heavy atom. The van der Waals surface area contributed by atoms with Crippen molar-refractivity contribution in [2.75, 3.05) is 27.7 Å². The van der Waals surface area contributed by atoms with Crippen LogP contribution in [0.5, 0.6) is 0 Å². The van der Waals surface area contributed by atoms with E-state index in [-0.39, 0.29) is 12.0 Å². The standard InChI is InChI=1S/C21H44NO2/c1-6-8-10-12-13-14-15-16-18-20(22(3,4)5)21(23)24-19-17-11-9-7-2/h20H,6-19H2,1-5H3/q+1/t20-/m0/s1. The van der Waals surface area contributed by atoms with Crippen LogP contribution < -0.4 is 0 Å². The summed E-state index contributed by atoms with van der Waals surface area (Å²) >= 11 is 0. The van der Waals surface area contributed by atoms with Gasteiger partial charge < -0.3 is 9.22 Å². The lowest BCUT2D eigenvalue weighted by Crippen LogP contribution is -2.50. The Balaban J connectivity index is 3.95. The largest absolute Gasteiger partial charge is 0.461 e. The zero-order valence-corrected chi connectivity index (χ0v) is 17.2. The summed E-state index contributed by atoms with van der Waals surface area (Å²) in [6.07, 6.45) is 16.0. The molecule has 0 fully saturated rings. The summed E-state index contributed by atoms with van der Waals surface area (Å²) < 4.78 is 6.22. The van der Waals surface area contributed by atoms with Gasteiger partial charge in [0, 0.05) is 6.42 Å². The van der Waals surface area contributed by atoms with Gasteiger partial charge in [0.2, 0.25) is 0 Å². The van der Waals surface area contributed by atoms with Crippen molar-refractivity contribution >= 4 is 5.97 Å². The summed E-state index contributed by atoms with van der Waals surface area (Å²) in [4.78, 5) is 12.4. The second kappa shape index (κ2) is 14.7. The molecule has 0 unspecified atom stereocenters. The summed E-state index contributed by atoms with van der Waals surface area (Å²) in [6.45, 7) is 5.05. The van der Waals surface area contributed by atoms with Crippen LogP contribution in [0.4, 0.5) is 0 Å². The summed E-state index contributed by atoms with van der Waals surface area (Å²) in [5.41, 5.74) is 0. The highest BCUT2D eigenvalue weighted by Crippen LogP contribution is 2.16. The number of carbonyl (C=O) groups is 1. The van der Waals surface area contributed by atoms with Crippen LogP contribution in [-0.2, 0) is 9.53 Å². The molecular formula is C21H44NO2+. The van der Waals surface area contributed by atoms with E-state index in [1.807, 2.05) is 0 Å². The van der Waals surface area contributed by atoms with Crippen LogP contribution in [0.3, 0.4) is 0 Å². The first-order valence-corrected chi connectivity index (χ1v) is 10.4. The first-order valence-electron chi connectivity index (χ1n) is 10.4. The van der Waals surface area contributed by atoms with Crippen molar-refractivity contribution in [1.82, 2.24) is 0 Å². The normalized spacial score (nSPS) is 13.0. The molecule has 0 aliphatic heterocycles. The molecule has 0 aromatic heterocycles. The molecule has 0 aromatic carbocycles. The number of nitrogens with zero attached hydrogens (tertiary/aromatic N) is 1. The average molecular weight is 343 g/mol. The molecule has 0 N–H and O–H groups in total. The minimum atomic E-state index is -0.0173. The quantitative estimate of drug-likeness (QED) is 0.204. The predicted molar refractivity (Wildman–Crippen MR) is 104 cm³/mol. The summed E-state index contributed by atoms with van der Waals surface area (Å²) in [5, 5.41) is 0. The van der Waals surface area contributed by atoms with Crippen molar-refractivity contribution in [2.45, 2.75) is 103 Å². The van der Waals surface area contributed by atoms with Gasteiger partial charge in [0.1, 0.15) is 0 Å². The van der Waals surface area contributed by atoms with Gasteiger partial charge in [-0.2, -0.15) is 0 Å². The Hall–Kier alpha value is -0.570. The van der Waals surface area contributed by atoms with Gasteiger partial charge in [-0.25, -0.2) is 4.79 Å². The number of rotatable bonds is 16. The molecule has 0 saturated heterocycles. The number of hydrogen-bond acceptors (Lipinski definition) is 2. The number of ether oxygens (including phenoxy) is 1. The molecule has 0 rings (SSSR count). The fraction of sp³-hybridized carbons (Fsp3) is 0.952. The fourth-order valence-electron chi connectivity index (χ4n) is 3.09. The Labute approximate surface area is 151 Å². The summed E-state index contributed by atoms with van der Waals surface area (Å²) in [7, 11) is 6.31. The molecule has 0 aliphatic carbocycles. The van der Waals surface area contributed by atoms with Crippen molar-refractivity contribution in [1.29, 1.82) is 0 Å². The number of carbonyl (C=O) groups excluding carboxylic acids is 1. The van der Waals surface area contributed by atoms with Gasteiger partial charge in [-0.1, -0.05) is 78.1 Å². The molecule has 0 saturated carbocycles. The number of esters is 1. The topological polar surface area (TPSA) is 26.3 Å². The van der Waals surface area contributed by atoms with E-state index in [1.165, 1.54) is 57.8 Å². The molecule has 0 aliphatic rings. The minimum absolute atomic E-state index is 0.00180. The molecular weight excluding hydrogens is 298 g/mol. The maximum atomic E-state index is 12.4. The second-order valence-electron chi connectivity index (χ2n) is 8.12. The van der Waals surface area contributed by atoms with Crippen LogP contribution in [0.15, 0.2) is 0 Å². The van der Waals surface area contributed by atoms with Gasteiger partial charge in [0.15, 0.2) is 6.04 Å². The van der Waals surface area contributed by atoms with Gasteiger partial charge >= 0.3 is 5.97 Å². The molecule has 0 bridgehead atoms. The third-order valence-corrected chi connectivity index (χ3v) is 4.78. The summed E-state index contributed by atoms with van der Waals surface area (Å²) in [5.74, 6) is 0.00180. The maximum absolute atomic E-state index is 12.4. The lowest BCUT2D eigenvalue weighted by molar-refractivity contribution is -0.887. The SMILES string of the molecule is CCCCCCCCCC[C@@H](C(=O)OCCCCCC)[N+](C)(C)C. The smallest absolute Gasteiger partial charge is 0.364 e. The van der Waals surface area contributed by atoms with Crippen LogP contribution in [0.1, 0.15) is 97.3 Å². The van der Waals surface area contributed by atoms with E-state index < -0.39 is 0 Å². The lowest BCUT2D eigenvalue weighted by Gasteiger charge is -2.32. The van der Waals surface area contributed by atoms with E-state index in [9.17, 15) is 4.79 Å². The average Bonchev–Trinajstić information content (AvgIpc) is 2.51. The van der Waals surface area contributed by atoms with Gasteiger partial charge in [-0.05, 0) is 12.8 Å². The monoisotopic (exact) mass is 342 g/mol. The Morgan fingerprint density at radius 1 is 0.750 bits per heavy atom. The van der Waals surface area contributed by atoms with E-state index in [0.717, 1.165) is 25.7 Å². The van der Waals surface area contributed by atoms with Gasteiger partial charge in [0.05, 0.1) is 27.7 Å². The third kappa shape index (κ3) is 12.8. The fourth-order valence-corrected chi connectivity index (χ4v) is 3.09. The number of quaternary nitrogens is 1. The molecule has 0 amide bonds. The molecule has 144 valence electrons. The van der Waals surface area contributed by atoms with Gasteiger partial charge in [-0.3, -0.25) is 0 Å². The zero-order chi connectivity index (χ0) is 18.3. The highest BCUT2D eigenvalue weighted by Gasteiger charge is 2.32. The van der Waals surface area contributed by atoms with Crippen LogP contribution in [-0.4, -0.2) is 44.2 Å². The molecule has 0 heterocycles. The van der Waals surface area contributed by atoms with E-state index in [2.05, 4.69) is 35.0 Å². The minimum Gasteiger partial charge on any atom is -0.461 e. The Morgan fingerprint density at radius 3 is 1.71 bits per heavy atom. The number of unbranched alkanes of at least 4 members (excludes halogenated alkanes) is 10. The lowest BCUT2D eigenvalue weighted by atomic mass is 10.0. The molecule has 3 nitrogen and oxygen atoms in total. The van der Waals surface area contributed by atoms with E-state index in [1.54, 1.807) is 0 Å². The second-order valence-corrected chi connectivity index (χ2v) is 8.12. The first kappa shape index (κ1) is 23.4. The van der Waals surface area contributed by atoms with E-state index in [4.69, 9.17) is 4.74 Å². The molecule has 3 heteroatoms. The van der Waals surface area contributed by atoms with Gasteiger partial charge in [-0.15, -0.1) is 0 Å². The first-order chi connectivity index (χ1) is 11.4. The molecule has 0 aromatic rings. The maximum Gasteiger partial charge on any atom is 0.364 e. The van der Waals surface area contributed by atoms with E-state index in [0.29, 0.717) is 11.1 Å². The van der Waals surface area contributed by atoms with Crippen molar-refractivity contribution in [3.05, 3.63) is 0 Å². The molecule has 24 heavy (non-hydrogen) atoms. The van der Waals surface area contributed by atoms with Crippen LogP contribution in [0, 0.1) is 0 Å². The molecule has 0 spiro atoms. The Bertz CT molecular complexity index is 297. The Kier molecular flexibility index (Phi) is 14.4. The van der Waals surface area contributed by atoms with Gasteiger partial charge in [0.25, 0.3) is 0 Å². The number of hydrogen-bond donors (Lipinski definition) is 0. The third-order valence-electron chi connectivity index (χ3n) is 4.78. The number of likely N-dealkylation sites (N-methyl/N-ethyl adjacent to an activating group) is 1. The van der Waals surface area contributed by atoms with Crippen molar-refractivity contribution in [3.8, 4) is 0 Å². The zero-order valence-electron chi connectivity index (χ0n) is 17.2. The van der Waals surface area contributed by atoms with Crippen LogP contribution >= 0.6 is 0 Å². The van der Waals surface area contributed by atoms with Crippen molar-refractivity contribution in [2.24, 2.45) is 0 Å². The van der Waals surface area contributed by atoms with Crippen LogP contribution in [0.2, 0.25) is 0 Å². The summed E-state index contributed by atoms with van der Waals surface area (Å²) in [6, 6.07) is -0.0173. The molecule has 0 radical (unpaired) electrons. The van der Waals surface area contributed by atoms with Crippen molar-refractivity contribution in [3.63, 3.8) is 0 Å². The van der Waals surface area contributed by atoms with Crippen molar-refractivity contribution < 1.29 is 14.0 Å². The molecule has 1 atom stereocenters. The highest BCUT2D eigenvalue weighted by molar-refractivity contribution is 5.74. The predicted octanol–water partition coefficient (Wildman–Crippen LogP) is 5.72. The van der Waals surface area contributed by atoms with E-state index >= 15 is 0 Å².